The number of carboxylic acid groups (broad SMARTS) is 1. The van der Waals surface area contributed by atoms with Crippen molar-refractivity contribution < 1.29 is 9.90 Å². The molecule has 17 heavy (non-hydrogen) atoms. The van der Waals surface area contributed by atoms with Crippen molar-refractivity contribution >= 4 is 11.7 Å². The second kappa shape index (κ2) is 4.78. The summed E-state index contributed by atoms with van der Waals surface area (Å²) >= 11 is 0. The minimum Gasteiger partial charge on any atom is -0.478 e. The third kappa shape index (κ3) is 2.60. The number of benzene rings is 1. The molecule has 0 amide bonds. The zero-order valence-electron chi connectivity index (χ0n) is 10.1. The molecule has 1 fully saturated rings. The third-order valence-electron chi connectivity index (χ3n) is 3.79. The van der Waals surface area contributed by atoms with Crippen molar-refractivity contribution in [2.45, 2.75) is 38.5 Å². The maximum Gasteiger partial charge on any atom is 0.335 e. The molecule has 1 aliphatic rings. The molecule has 3 nitrogen and oxygen atoms in total. The summed E-state index contributed by atoms with van der Waals surface area (Å²) in [7, 11) is 0. The smallest absolute Gasteiger partial charge is 0.335 e. The van der Waals surface area contributed by atoms with E-state index in [2.05, 4.69) is 6.92 Å². The first kappa shape index (κ1) is 12.0. The highest BCUT2D eigenvalue weighted by Gasteiger charge is 2.21. The van der Waals surface area contributed by atoms with Gasteiger partial charge in [0.1, 0.15) is 0 Å². The molecule has 0 unspecified atom stereocenters. The van der Waals surface area contributed by atoms with E-state index in [0.29, 0.717) is 11.6 Å². The van der Waals surface area contributed by atoms with Crippen LogP contribution in [0.1, 0.15) is 54.4 Å². The van der Waals surface area contributed by atoms with E-state index in [1.165, 1.54) is 12.8 Å². The van der Waals surface area contributed by atoms with Gasteiger partial charge in [-0.2, -0.15) is 0 Å². The Morgan fingerprint density at radius 1 is 1.29 bits per heavy atom. The van der Waals surface area contributed by atoms with Gasteiger partial charge in [-0.05, 0) is 42.4 Å². The van der Waals surface area contributed by atoms with Gasteiger partial charge in [-0.3, -0.25) is 0 Å². The van der Waals surface area contributed by atoms with Crippen LogP contribution in [-0.4, -0.2) is 11.1 Å². The van der Waals surface area contributed by atoms with Gasteiger partial charge in [-0.25, -0.2) is 4.79 Å². The molecule has 1 aromatic rings. The Labute approximate surface area is 102 Å². The van der Waals surface area contributed by atoms with Crippen LogP contribution in [0.5, 0.6) is 0 Å². The van der Waals surface area contributed by atoms with Crippen LogP contribution in [0.4, 0.5) is 5.69 Å². The van der Waals surface area contributed by atoms with Crippen LogP contribution < -0.4 is 5.73 Å². The lowest BCUT2D eigenvalue weighted by molar-refractivity contribution is 0.0697. The molecule has 0 atom stereocenters. The van der Waals surface area contributed by atoms with Crippen LogP contribution in [0.2, 0.25) is 0 Å². The first-order chi connectivity index (χ1) is 8.08. The number of rotatable bonds is 2. The van der Waals surface area contributed by atoms with Crippen molar-refractivity contribution in [1.82, 2.24) is 0 Å². The number of carbonyl (C=O) groups is 1. The fourth-order valence-electron chi connectivity index (χ4n) is 2.65. The molecule has 1 aliphatic carbocycles. The zero-order valence-corrected chi connectivity index (χ0v) is 10.1. The molecular formula is C14H19NO2. The van der Waals surface area contributed by atoms with Crippen LogP contribution >= 0.6 is 0 Å². The van der Waals surface area contributed by atoms with Gasteiger partial charge in [0.05, 0.1) is 5.56 Å². The van der Waals surface area contributed by atoms with E-state index in [0.717, 1.165) is 24.3 Å². The lowest BCUT2D eigenvalue weighted by Gasteiger charge is -2.27. The quantitative estimate of drug-likeness (QED) is 0.771. The van der Waals surface area contributed by atoms with E-state index in [1.54, 1.807) is 12.1 Å². The number of nitrogens with two attached hydrogens (primary N) is 1. The molecule has 1 saturated carbocycles. The van der Waals surface area contributed by atoms with Gasteiger partial charge < -0.3 is 10.8 Å². The first-order valence-corrected chi connectivity index (χ1v) is 6.20. The van der Waals surface area contributed by atoms with E-state index in [4.69, 9.17) is 10.8 Å². The Kier molecular flexibility index (Phi) is 3.36. The highest BCUT2D eigenvalue weighted by Crippen LogP contribution is 2.37. The van der Waals surface area contributed by atoms with Gasteiger partial charge >= 0.3 is 5.97 Å². The van der Waals surface area contributed by atoms with Crippen LogP contribution in [0.25, 0.3) is 0 Å². The standard InChI is InChI=1S/C14H19NO2/c1-9-2-4-10(5-3-9)12-7-6-11(14(16)17)8-13(12)15/h6-10H,2-5,15H2,1H3,(H,16,17). The van der Waals surface area contributed by atoms with Crippen molar-refractivity contribution in [3.8, 4) is 0 Å². The summed E-state index contributed by atoms with van der Waals surface area (Å²) in [4.78, 5) is 10.8. The summed E-state index contributed by atoms with van der Waals surface area (Å²) in [5.74, 6) is 0.403. The number of aromatic carboxylic acids is 1. The Morgan fingerprint density at radius 3 is 2.47 bits per heavy atom. The van der Waals surface area contributed by atoms with Crippen LogP contribution in [0.15, 0.2) is 18.2 Å². The topological polar surface area (TPSA) is 63.3 Å². The molecule has 0 spiro atoms. The number of nitrogen functional groups attached to an aromatic ring is 1. The highest BCUT2D eigenvalue weighted by atomic mass is 16.4. The van der Waals surface area contributed by atoms with E-state index >= 15 is 0 Å². The van der Waals surface area contributed by atoms with Gasteiger partial charge in [0.15, 0.2) is 0 Å². The van der Waals surface area contributed by atoms with Gasteiger partial charge in [0.25, 0.3) is 0 Å². The summed E-state index contributed by atoms with van der Waals surface area (Å²) in [6.45, 7) is 2.28. The Morgan fingerprint density at radius 2 is 1.94 bits per heavy atom. The van der Waals surface area contributed by atoms with Crippen molar-refractivity contribution in [1.29, 1.82) is 0 Å². The van der Waals surface area contributed by atoms with Crippen LogP contribution in [-0.2, 0) is 0 Å². The van der Waals surface area contributed by atoms with E-state index in [1.807, 2.05) is 6.07 Å². The van der Waals surface area contributed by atoms with Gasteiger partial charge in [0, 0.05) is 5.69 Å². The molecule has 92 valence electrons. The molecule has 0 aromatic heterocycles. The monoisotopic (exact) mass is 233 g/mol. The SMILES string of the molecule is CC1CCC(c2ccc(C(=O)O)cc2N)CC1. The maximum atomic E-state index is 10.8. The Bertz CT molecular complexity index is 420. The second-order valence-corrected chi connectivity index (χ2v) is 5.11. The average Bonchev–Trinajstić information content (AvgIpc) is 2.30. The molecule has 1 aromatic carbocycles. The van der Waals surface area contributed by atoms with Crippen LogP contribution in [0, 0.1) is 5.92 Å². The van der Waals surface area contributed by atoms with Crippen LogP contribution in [0.3, 0.4) is 0 Å². The normalized spacial score (nSPS) is 24.5. The maximum absolute atomic E-state index is 10.8. The third-order valence-corrected chi connectivity index (χ3v) is 3.79. The molecule has 3 N–H and O–H groups in total. The van der Waals surface area contributed by atoms with E-state index < -0.39 is 5.97 Å². The zero-order chi connectivity index (χ0) is 12.4. The van der Waals surface area contributed by atoms with Gasteiger partial charge in [-0.15, -0.1) is 0 Å². The lowest BCUT2D eigenvalue weighted by Crippen LogP contribution is -2.12. The molecular weight excluding hydrogens is 214 g/mol. The molecule has 0 radical (unpaired) electrons. The fraction of sp³-hybridized carbons (Fsp3) is 0.500. The lowest BCUT2D eigenvalue weighted by atomic mass is 9.79. The summed E-state index contributed by atoms with van der Waals surface area (Å²) in [5, 5.41) is 8.89. The van der Waals surface area contributed by atoms with Gasteiger partial charge in [-0.1, -0.05) is 25.8 Å². The fourth-order valence-corrected chi connectivity index (χ4v) is 2.65. The van der Waals surface area contributed by atoms with E-state index in [9.17, 15) is 4.79 Å². The molecule has 0 heterocycles. The van der Waals surface area contributed by atoms with Gasteiger partial charge in [0.2, 0.25) is 0 Å². The van der Waals surface area contributed by atoms with E-state index in [-0.39, 0.29) is 5.56 Å². The molecule has 2 rings (SSSR count). The largest absolute Gasteiger partial charge is 0.478 e. The summed E-state index contributed by atoms with van der Waals surface area (Å²) in [5.41, 5.74) is 7.99. The predicted molar refractivity (Wildman–Crippen MR) is 68.2 cm³/mol. The van der Waals surface area contributed by atoms with Crippen molar-refractivity contribution in [2.24, 2.45) is 5.92 Å². The summed E-state index contributed by atoms with van der Waals surface area (Å²) in [6, 6.07) is 5.13. The Balaban J connectivity index is 2.19. The first-order valence-electron chi connectivity index (χ1n) is 6.20. The van der Waals surface area contributed by atoms with Crippen molar-refractivity contribution in [3.05, 3.63) is 29.3 Å². The number of anilines is 1. The van der Waals surface area contributed by atoms with Crippen molar-refractivity contribution in [3.63, 3.8) is 0 Å². The highest BCUT2D eigenvalue weighted by molar-refractivity contribution is 5.89. The minimum atomic E-state index is -0.916. The molecule has 0 saturated heterocycles. The molecule has 0 bridgehead atoms. The summed E-state index contributed by atoms with van der Waals surface area (Å²) < 4.78 is 0. The second-order valence-electron chi connectivity index (χ2n) is 5.11. The number of hydrogen-bond acceptors (Lipinski definition) is 2. The number of carboxylic acids is 1. The number of hydrogen-bond donors (Lipinski definition) is 2. The molecule has 3 heteroatoms. The molecule has 0 aliphatic heterocycles. The predicted octanol–water partition coefficient (Wildman–Crippen LogP) is 3.26. The van der Waals surface area contributed by atoms with Crippen molar-refractivity contribution in [2.75, 3.05) is 5.73 Å². The Hall–Kier alpha value is -1.51. The average molecular weight is 233 g/mol. The minimum absolute atomic E-state index is 0.274. The summed E-state index contributed by atoms with van der Waals surface area (Å²) in [6.07, 6.45) is 4.81.